The molecule has 1 saturated heterocycles. The highest BCUT2D eigenvalue weighted by atomic mass is 35.5. The first-order chi connectivity index (χ1) is 15.1. The molecule has 166 valence electrons. The van der Waals surface area contributed by atoms with Gasteiger partial charge in [-0.2, -0.15) is 0 Å². The highest BCUT2D eigenvalue weighted by Gasteiger charge is 2.44. The second-order valence-electron chi connectivity index (χ2n) is 7.97. The van der Waals surface area contributed by atoms with Gasteiger partial charge in [0.2, 0.25) is 0 Å². The Bertz CT molecular complexity index is 1170. The number of non-ortho nitro benzene ring substituents is 1. The van der Waals surface area contributed by atoms with Crippen molar-refractivity contribution in [3.8, 4) is 5.75 Å². The van der Waals surface area contributed by atoms with Crippen LogP contribution in [-0.2, 0) is 0 Å². The molecule has 2 aromatic rings. The van der Waals surface area contributed by atoms with Gasteiger partial charge in [-0.05, 0) is 25.1 Å². The number of hydrogen-bond acceptors (Lipinski definition) is 7. The summed E-state index contributed by atoms with van der Waals surface area (Å²) in [6, 6.07) is 6.78. The predicted octanol–water partition coefficient (Wildman–Crippen LogP) is 4.11. The van der Waals surface area contributed by atoms with Crippen LogP contribution in [-0.4, -0.2) is 45.1 Å². The van der Waals surface area contributed by atoms with E-state index in [1.807, 2.05) is 0 Å². The van der Waals surface area contributed by atoms with E-state index in [2.05, 4.69) is 0 Å². The number of carbonyl (C=O) groups is 2. The Labute approximate surface area is 187 Å². The van der Waals surface area contributed by atoms with Crippen LogP contribution in [0.2, 0.25) is 5.02 Å². The third kappa shape index (κ3) is 3.77. The van der Waals surface area contributed by atoms with Gasteiger partial charge in [-0.3, -0.25) is 29.8 Å². The monoisotopic (exact) mass is 459 g/mol. The predicted molar refractivity (Wildman–Crippen MR) is 113 cm³/mol. The number of carbonyl (C=O) groups excluding carboxylic acids is 2. The molecule has 2 aliphatic heterocycles. The molecule has 2 aromatic carbocycles. The van der Waals surface area contributed by atoms with Gasteiger partial charge in [0.05, 0.1) is 33.5 Å². The molecule has 10 nitrogen and oxygen atoms in total. The summed E-state index contributed by atoms with van der Waals surface area (Å²) in [5.74, 6) is -0.160. The first-order valence-corrected chi connectivity index (χ1v) is 10.2. The summed E-state index contributed by atoms with van der Waals surface area (Å²) < 4.78 is 6.15. The zero-order chi connectivity index (χ0) is 23.2. The van der Waals surface area contributed by atoms with E-state index in [9.17, 15) is 29.8 Å². The Morgan fingerprint density at radius 1 is 1.12 bits per heavy atom. The number of ketones is 1. The highest BCUT2D eigenvalue weighted by Crippen LogP contribution is 2.40. The number of fused-ring (bicyclic) bond motifs is 1. The number of benzene rings is 2. The molecule has 32 heavy (non-hydrogen) atoms. The number of piperidine rings is 1. The number of hydrogen-bond donors (Lipinski definition) is 0. The maximum atomic E-state index is 13.1. The molecular formula is C21H18ClN3O7. The molecule has 0 aliphatic carbocycles. The minimum absolute atomic E-state index is 0.0702. The minimum Gasteiger partial charge on any atom is -0.486 e. The number of likely N-dealkylation sites (tertiary alicyclic amines) is 1. The Kier molecular flexibility index (Phi) is 5.33. The maximum absolute atomic E-state index is 13.1. The number of nitro groups is 2. The van der Waals surface area contributed by atoms with Crippen molar-refractivity contribution in [3.63, 3.8) is 0 Å². The van der Waals surface area contributed by atoms with Crippen LogP contribution in [0.25, 0.3) is 0 Å². The fraction of sp³-hybridized carbons (Fsp3) is 0.333. The van der Waals surface area contributed by atoms with Gasteiger partial charge in [0.25, 0.3) is 17.3 Å². The van der Waals surface area contributed by atoms with E-state index in [-0.39, 0.29) is 36.4 Å². The Hall–Kier alpha value is -3.53. The maximum Gasteiger partial charge on any atom is 0.279 e. The fourth-order valence-electron chi connectivity index (χ4n) is 4.23. The Balaban J connectivity index is 1.56. The average molecular weight is 460 g/mol. The first kappa shape index (κ1) is 21.7. The third-order valence-corrected chi connectivity index (χ3v) is 6.25. The lowest BCUT2D eigenvalue weighted by Crippen LogP contribution is -2.52. The van der Waals surface area contributed by atoms with E-state index in [1.54, 1.807) is 18.2 Å². The third-order valence-electron chi connectivity index (χ3n) is 6.02. The van der Waals surface area contributed by atoms with Crippen molar-refractivity contribution in [1.29, 1.82) is 0 Å². The number of ether oxygens (including phenoxy) is 1. The smallest absolute Gasteiger partial charge is 0.279 e. The summed E-state index contributed by atoms with van der Waals surface area (Å²) in [5, 5.41) is 22.9. The lowest BCUT2D eigenvalue weighted by Gasteiger charge is -2.44. The topological polar surface area (TPSA) is 133 Å². The van der Waals surface area contributed by atoms with Crippen molar-refractivity contribution < 1.29 is 24.2 Å². The van der Waals surface area contributed by atoms with Crippen LogP contribution in [0.3, 0.4) is 0 Å². The van der Waals surface area contributed by atoms with Crippen molar-refractivity contribution in [2.45, 2.75) is 31.8 Å². The molecule has 0 unspecified atom stereocenters. The molecule has 11 heteroatoms. The number of nitrogens with zero attached hydrogens (tertiary/aromatic N) is 3. The van der Waals surface area contributed by atoms with E-state index in [4.69, 9.17) is 16.3 Å². The average Bonchev–Trinajstić information content (AvgIpc) is 2.74. The van der Waals surface area contributed by atoms with E-state index in [0.29, 0.717) is 29.2 Å². The number of rotatable bonds is 3. The molecule has 4 rings (SSSR count). The van der Waals surface area contributed by atoms with Crippen molar-refractivity contribution in [3.05, 3.63) is 72.3 Å². The lowest BCUT2D eigenvalue weighted by molar-refractivity contribution is -0.394. The van der Waals surface area contributed by atoms with Crippen molar-refractivity contribution in [1.82, 2.24) is 4.90 Å². The number of Topliss-reactive ketones (excluding diaryl/α,β-unsaturated/α-hetero) is 1. The van der Waals surface area contributed by atoms with Crippen LogP contribution in [0.1, 0.15) is 45.5 Å². The Morgan fingerprint density at radius 3 is 2.44 bits per heavy atom. The van der Waals surface area contributed by atoms with Gasteiger partial charge in [-0.25, -0.2) is 0 Å². The molecule has 0 saturated carbocycles. The molecule has 0 N–H and O–H groups in total. The van der Waals surface area contributed by atoms with E-state index in [1.165, 1.54) is 11.8 Å². The van der Waals surface area contributed by atoms with Crippen LogP contribution >= 0.6 is 11.6 Å². The zero-order valence-corrected chi connectivity index (χ0v) is 17.8. The van der Waals surface area contributed by atoms with Gasteiger partial charge in [0.15, 0.2) is 5.78 Å². The molecule has 0 bridgehead atoms. The molecule has 2 heterocycles. The van der Waals surface area contributed by atoms with E-state index < -0.39 is 32.7 Å². The van der Waals surface area contributed by atoms with E-state index in [0.717, 1.165) is 12.1 Å². The fourth-order valence-corrected chi connectivity index (χ4v) is 4.41. The number of halogens is 1. The van der Waals surface area contributed by atoms with Gasteiger partial charge in [0, 0.05) is 42.6 Å². The van der Waals surface area contributed by atoms with Crippen molar-refractivity contribution >= 4 is 34.7 Å². The van der Waals surface area contributed by atoms with Crippen LogP contribution in [0.15, 0.2) is 30.3 Å². The second kappa shape index (κ2) is 7.86. The van der Waals surface area contributed by atoms with Gasteiger partial charge >= 0.3 is 0 Å². The lowest BCUT2D eigenvalue weighted by atomic mass is 9.82. The molecule has 0 aromatic heterocycles. The summed E-state index contributed by atoms with van der Waals surface area (Å²) in [4.78, 5) is 48.2. The molecule has 0 atom stereocenters. The summed E-state index contributed by atoms with van der Waals surface area (Å²) in [7, 11) is 0. The SMILES string of the molecule is Cc1c(C(=O)N2CCC3(CC2)CC(=O)c2cc(Cl)ccc2O3)cc([N+](=O)[O-])cc1[N+](=O)[O-]. The largest absolute Gasteiger partial charge is 0.486 e. The second-order valence-corrected chi connectivity index (χ2v) is 8.41. The van der Waals surface area contributed by atoms with Crippen LogP contribution in [0.5, 0.6) is 5.75 Å². The zero-order valence-electron chi connectivity index (χ0n) is 17.0. The quantitative estimate of drug-likeness (QED) is 0.498. The molecule has 1 fully saturated rings. The molecule has 1 amide bonds. The van der Waals surface area contributed by atoms with Gasteiger partial charge in [-0.1, -0.05) is 11.6 Å². The summed E-state index contributed by atoms with van der Waals surface area (Å²) in [6.07, 6.45) is 0.912. The normalized spacial score (nSPS) is 16.9. The van der Waals surface area contributed by atoms with Gasteiger partial charge in [0.1, 0.15) is 11.4 Å². The molecule has 0 radical (unpaired) electrons. The van der Waals surface area contributed by atoms with Gasteiger partial charge in [-0.15, -0.1) is 0 Å². The van der Waals surface area contributed by atoms with Crippen LogP contribution in [0.4, 0.5) is 11.4 Å². The minimum atomic E-state index is -0.764. The molecular weight excluding hydrogens is 442 g/mol. The van der Waals surface area contributed by atoms with Crippen LogP contribution < -0.4 is 4.74 Å². The first-order valence-electron chi connectivity index (χ1n) is 9.85. The van der Waals surface area contributed by atoms with Gasteiger partial charge < -0.3 is 9.64 Å². The van der Waals surface area contributed by atoms with Crippen LogP contribution in [0, 0.1) is 27.2 Å². The number of nitro benzene ring substituents is 2. The summed E-state index contributed by atoms with van der Waals surface area (Å²) >= 11 is 5.97. The van der Waals surface area contributed by atoms with Crippen molar-refractivity contribution in [2.75, 3.05) is 13.1 Å². The van der Waals surface area contributed by atoms with E-state index >= 15 is 0 Å². The highest BCUT2D eigenvalue weighted by molar-refractivity contribution is 6.31. The summed E-state index contributed by atoms with van der Waals surface area (Å²) in [5.41, 5.74) is -1.33. The van der Waals surface area contributed by atoms with Crippen molar-refractivity contribution in [2.24, 2.45) is 0 Å². The standard InChI is InChI=1S/C21H18ClN3O7/c1-12-15(9-14(24(28)29)10-17(12)25(30)31)20(27)23-6-4-21(5-7-23)11-18(26)16-8-13(22)2-3-19(16)32-21/h2-3,8-10H,4-7,11H2,1H3. The Morgan fingerprint density at radius 2 is 1.81 bits per heavy atom. The summed E-state index contributed by atoms with van der Waals surface area (Å²) in [6.45, 7) is 1.88. The number of amides is 1. The molecule has 2 aliphatic rings. The molecule has 1 spiro atoms.